The van der Waals surface area contributed by atoms with Gasteiger partial charge in [-0.05, 0) is 49.4 Å². The van der Waals surface area contributed by atoms with Gasteiger partial charge in [0.15, 0.2) is 0 Å². The minimum Gasteiger partial charge on any atom is -0.312 e. The molecule has 76 valence electrons. The van der Waals surface area contributed by atoms with Gasteiger partial charge in [-0.15, -0.1) is 0 Å². The Balaban J connectivity index is 2.29. The predicted molar refractivity (Wildman–Crippen MR) is 59.1 cm³/mol. The number of hydrogen-bond donors (Lipinski definition) is 2. The third-order valence-corrected chi connectivity index (χ3v) is 3.04. The summed E-state index contributed by atoms with van der Waals surface area (Å²) in [7, 11) is 1.89. The molecule has 14 heavy (non-hydrogen) atoms. The molecular formula is C12H18N2. The molecule has 0 amide bonds. The second-order valence-electron chi connectivity index (χ2n) is 4.00. The summed E-state index contributed by atoms with van der Waals surface area (Å²) in [6.45, 7) is 0. The molecule has 3 N–H and O–H groups in total. The molecule has 1 aromatic rings. The van der Waals surface area contributed by atoms with Gasteiger partial charge >= 0.3 is 0 Å². The van der Waals surface area contributed by atoms with E-state index in [2.05, 4.69) is 23.5 Å². The van der Waals surface area contributed by atoms with Gasteiger partial charge in [0.1, 0.15) is 0 Å². The SMILES string of the molecule is CNC(N)c1ccc2c(c1)CCCC2. The number of nitrogens with two attached hydrogens (primary N) is 1. The Hall–Kier alpha value is -0.860. The molecule has 0 bridgehead atoms. The molecule has 0 spiro atoms. The van der Waals surface area contributed by atoms with Gasteiger partial charge in [-0.2, -0.15) is 0 Å². The van der Waals surface area contributed by atoms with Crippen molar-refractivity contribution in [1.29, 1.82) is 0 Å². The van der Waals surface area contributed by atoms with Crippen molar-refractivity contribution in [1.82, 2.24) is 5.32 Å². The molecule has 0 aliphatic heterocycles. The van der Waals surface area contributed by atoms with Crippen molar-refractivity contribution in [3.05, 3.63) is 34.9 Å². The maximum atomic E-state index is 5.92. The van der Waals surface area contributed by atoms with Crippen LogP contribution < -0.4 is 11.1 Å². The lowest BCUT2D eigenvalue weighted by atomic mass is 9.90. The van der Waals surface area contributed by atoms with Crippen molar-refractivity contribution in [2.45, 2.75) is 31.8 Å². The second kappa shape index (κ2) is 4.11. The first-order chi connectivity index (χ1) is 6.81. The van der Waals surface area contributed by atoms with E-state index in [-0.39, 0.29) is 6.17 Å². The number of fused-ring (bicyclic) bond motifs is 1. The Kier molecular flexibility index (Phi) is 2.85. The van der Waals surface area contributed by atoms with Crippen LogP contribution in [0.5, 0.6) is 0 Å². The van der Waals surface area contributed by atoms with E-state index in [1.165, 1.54) is 42.4 Å². The molecule has 1 atom stereocenters. The highest BCUT2D eigenvalue weighted by Crippen LogP contribution is 2.23. The first-order valence-electron chi connectivity index (χ1n) is 5.36. The molecule has 0 radical (unpaired) electrons. The first-order valence-corrected chi connectivity index (χ1v) is 5.36. The normalized spacial score (nSPS) is 17.6. The van der Waals surface area contributed by atoms with Gasteiger partial charge in [0, 0.05) is 0 Å². The van der Waals surface area contributed by atoms with Crippen molar-refractivity contribution in [2.75, 3.05) is 7.05 Å². The molecule has 0 fully saturated rings. The zero-order chi connectivity index (χ0) is 9.97. The number of aryl methyl sites for hydroxylation is 2. The van der Waals surface area contributed by atoms with E-state index in [4.69, 9.17) is 5.73 Å². The first kappa shape index (κ1) is 9.69. The van der Waals surface area contributed by atoms with E-state index in [9.17, 15) is 0 Å². The van der Waals surface area contributed by atoms with E-state index in [1.54, 1.807) is 0 Å². The fraction of sp³-hybridized carbons (Fsp3) is 0.500. The molecule has 1 unspecified atom stereocenters. The highest BCUT2D eigenvalue weighted by molar-refractivity contribution is 5.34. The molecule has 1 aliphatic rings. The Bertz CT molecular complexity index is 320. The monoisotopic (exact) mass is 190 g/mol. The zero-order valence-corrected chi connectivity index (χ0v) is 8.72. The lowest BCUT2D eigenvalue weighted by Gasteiger charge is -2.18. The molecule has 2 heteroatoms. The zero-order valence-electron chi connectivity index (χ0n) is 8.72. The maximum Gasteiger partial charge on any atom is 0.0807 e. The van der Waals surface area contributed by atoms with Crippen molar-refractivity contribution in [3.8, 4) is 0 Å². The minimum atomic E-state index is -0.0257. The van der Waals surface area contributed by atoms with Crippen LogP contribution in [0.4, 0.5) is 0 Å². The average Bonchev–Trinajstić information content (AvgIpc) is 2.27. The van der Waals surface area contributed by atoms with E-state index in [0.29, 0.717) is 0 Å². The molecule has 1 aliphatic carbocycles. The van der Waals surface area contributed by atoms with Crippen LogP contribution in [-0.4, -0.2) is 7.05 Å². The van der Waals surface area contributed by atoms with Crippen LogP contribution in [0.3, 0.4) is 0 Å². The van der Waals surface area contributed by atoms with E-state index < -0.39 is 0 Å². The summed E-state index contributed by atoms with van der Waals surface area (Å²) in [6, 6.07) is 6.64. The molecule has 0 saturated heterocycles. The van der Waals surface area contributed by atoms with Gasteiger partial charge in [0.05, 0.1) is 6.17 Å². The molecule has 1 aromatic carbocycles. The summed E-state index contributed by atoms with van der Waals surface area (Å²) in [5.74, 6) is 0. The summed E-state index contributed by atoms with van der Waals surface area (Å²) in [5.41, 5.74) is 10.1. The largest absolute Gasteiger partial charge is 0.312 e. The Labute approximate surface area is 85.5 Å². The van der Waals surface area contributed by atoms with Gasteiger partial charge in [0.2, 0.25) is 0 Å². The van der Waals surface area contributed by atoms with Gasteiger partial charge in [-0.25, -0.2) is 0 Å². The highest BCUT2D eigenvalue weighted by Gasteiger charge is 2.11. The minimum absolute atomic E-state index is 0.0257. The summed E-state index contributed by atoms with van der Waals surface area (Å²) >= 11 is 0. The molecule has 0 heterocycles. The Morgan fingerprint density at radius 2 is 1.93 bits per heavy atom. The fourth-order valence-corrected chi connectivity index (χ4v) is 2.11. The number of nitrogens with one attached hydrogen (secondary N) is 1. The molecular weight excluding hydrogens is 172 g/mol. The summed E-state index contributed by atoms with van der Waals surface area (Å²) < 4.78 is 0. The van der Waals surface area contributed by atoms with Crippen LogP contribution in [0, 0.1) is 0 Å². The van der Waals surface area contributed by atoms with Crippen molar-refractivity contribution < 1.29 is 0 Å². The van der Waals surface area contributed by atoms with Crippen molar-refractivity contribution in [2.24, 2.45) is 5.73 Å². The summed E-state index contributed by atoms with van der Waals surface area (Å²) in [4.78, 5) is 0. The van der Waals surface area contributed by atoms with Crippen LogP contribution >= 0.6 is 0 Å². The fourth-order valence-electron chi connectivity index (χ4n) is 2.11. The lowest BCUT2D eigenvalue weighted by Crippen LogP contribution is -2.25. The van der Waals surface area contributed by atoms with Gasteiger partial charge in [0.25, 0.3) is 0 Å². The topological polar surface area (TPSA) is 38.0 Å². The summed E-state index contributed by atoms with van der Waals surface area (Å²) in [6.07, 6.45) is 5.10. The van der Waals surface area contributed by atoms with E-state index in [1.807, 2.05) is 7.05 Å². The van der Waals surface area contributed by atoms with Crippen LogP contribution in [0.1, 0.15) is 35.7 Å². The van der Waals surface area contributed by atoms with Crippen molar-refractivity contribution in [3.63, 3.8) is 0 Å². The third kappa shape index (κ3) is 1.81. The van der Waals surface area contributed by atoms with Crippen LogP contribution in [0.25, 0.3) is 0 Å². The third-order valence-electron chi connectivity index (χ3n) is 3.04. The van der Waals surface area contributed by atoms with Gasteiger partial charge < -0.3 is 11.1 Å². The average molecular weight is 190 g/mol. The number of hydrogen-bond acceptors (Lipinski definition) is 2. The predicted octanol–water partition coefficient (Wildman–Crippen LogP) is 1.74. The van der Waals surface area contributed by atoms with E-state index >= 15 is 0 Å². The quantitative estimate of drug-likeness (QED) is 0.697. The number of benzene rings is 1. The molecule has 2 nitrogen and oxygen atoms in total. The van der Waals surface area contributed by atoms with Gasteiger partial charge in [-0.1, -0.05) is 18.2 Å². The molecule has 0 saturated carbocycles. The maximum absolute atomic E-state index is 5.92. The Morgan fingerprint density at radius 1 is 1.21 bits per heavy atom. The van der Waals surface area contributed by atoms with Crippen LogP contribution in [-0.2, 0) is 12.8 Å². The lowest BCUT2D eigenvalue weighted by molar-refractivity contribution is 0.617. The molecule has 2 rings (SSSR count). The van der Waals surface area contributed by atoms with Crippen LogP contribution in [0.15, 0.2) is 18.2 Å². The smallest absolute Gasteiger partial charge is 0.0807 e. The summed E-state index contributed by atoms with van der Waals surface area (Å²) in [5, 5.41) is 3.07. The van der Waals surface area contributed by atoms with Gasteiger partial charge in [-0.3, -0.25) is 0 Å². The highest BCUT2D eigenvalue weighted by atomic mass is 15.0. The molecule has 0 aromatic heterocycles. The van der Waals surface area contributed by atoms with Crippen LogP contribution in [0.2, 0.25) is 0 Å². The second-order valence-corrected chi connectivity index (χ2v) is 4.00. The number of rotatable bonds is 2. The standard InChI is InChI=1S/C12H18N2/c1-14-12(13)11-7-6-9-4-2-3-5-10(9)8-11/h6-8,12,14H,2-5,13H2,1H3. The van der Waals surface area contributed by atoms with E-state index in [0.717, 1.165) is 0 Å². The Morgan fingerprint density at radius 3 is 2.64 bits per heavy atom. The van der Waals surface area contributed by atoms with Crippen molar-refractivity contribution >= 4 is 0 Å².